The maximum atomic E-state index is 5.46. The molecule has 3 aromatic rings. The van der Waals surface area contributed by atoms with Crippen molar-refractivity contribution in [3.63, 3.8) is 0 Å². The van der Waals surface area contributed by atoms with Gasteiger partial charge in [0.1, 0.15) is 5.76 Å². The first-order chi connectivity index (χ1) is 14.2. The van der Waals surface area contributed by atoms with Gasteiger partial charge in [0.2, 0.25) is 0 Å². The van der Waals surface area contributed by atoms with Crippen molar-refractivity contribution in [1.29, 1.82) is 0 Å². The van der Waals surface area contributed by atoms with Gasteiger partial charge in [0.25, 0.3) is 0 Å². The van der Waals surface area contributed by atoms with Crippen molar-refractivity contribution in [1.82, 2.24) is 15.5 Å². The average molecular weight is 518 g/mol. The monoisotopic (exact) mass is 518 g/mol. The number of benzene rings is 2. The highest BCUT2D eigenvalue weighted by Crippen LogP contribution is 2.13. The number of rotatable bonds is 9. The van der Waals surface area contributed by atoms with E-state index in [1.807, 2.05) is 18.2 Å². The topological polar surface area (TPSA) is 52.8 Å². The number of halogens is 1. The van der Waals surface area contributed by atoms with Crippen molar-refractivity contribution in [3.8, 4) is 0 Å². The average Bonchev–Trinajstić information content (AvgIpc) is 3.25. The fourth-order valence-corrected chi connectivity index (χ4v) is 3.27. The van der Waals surface area contributed by atoms with Crippen LogP contribution in [0.25, 0.3) is 0 Å². The number of nitrogens with one attached hydrogen (secondary N) is 2. The molecule has 0 atom stereocenters. The lowest BCUT2D eigenvalue weighted by Crippen LogP contribution is -2.38. The summed E-state index contributed by atoms with van der Waals surface area (Å²) < 4.78 is 5.46. The molecule has 0 saturated carbocycles. The molecule has 0 spiro atoms. The number of hydrogen-bond acceptors (Lipinski definition) is 3. The van der Waals surface area contributed by atoms with Gasteiger partial charge in [-0.25, -0.2) is 0 Å². The minimum Gasteiger partial charge on any atom is -0.468 e. The van der Waals surface area contributed by atoms with Gasteiger partial charge in [0, 0.05) is 26.7 Å². The zero-order valence-electron chi connectivity index (χ0n) is 17.7. The van der Waals surface area contributed by atoms with E-state index in [9.17, 15) is 0 Å². The zero-order chi connectivity index (χ0) is 20.3. The predicted molar refractivity (Wildman–Crippen MR) is 134 cm³/mol. The Bertz CT molecular complexity index is 881. The van der Waals surface area contributed by atoms with E-state index in [1.54, 1.807) is 13.3 Å². The number of aliphatic imine (C=N–C) groups is 1. The molecule has 6 heteroatoms. The van der Waals surface area contributed by atoms with Crippen LogP contribution in [0.4, 0.5) is 0 Å². The molecule has 2 aromatic carbocycles. The lowest BCUT2D eigenvalue weighted by Gasteiger charge is -2.19. The zero-order valence-corrected chi connectivity index (χ0v) is 20.0. The molecule has 0 unspecified atom stereocenters. The van der Waals surface area contributed by atoms with Crippen molar-refractivity contribution in [3.05, 3.63) is 95.4 Å². The molecule has 0 aliphatic rings. The molecule has 0 radical (unpaired) electrons. The highest BCUT2D eigenvalue weighted by Gasteiger charge is 2.08. The molecule has 3 rings (SSSR count). The minimum atomic E-state index is 0. The third-order valence-electron chi connectivity index (χ3n) is 4.78. The standard InChI is InChI=1S/C24H30N4O.HI/c1-25-24(26-15-14-20-9-4-3-5-10-20)27-17-21-11-6-7-12-22(21)18-28(2)19-23-13-8-16-29-23;/h3-13,16H,14-15,17-19H2,1-2H3,(H2,25,26,27);1H. The first kappa shape index (κ1) is 24.0. The summed E-state index contributed by atoms with van der Waals surface area (Å²) in [4.78, 5) is 6.60. The lowest BCUT2D eigenvalue weighted by molar-refractivity contribution is 0.287. The first-order valence-corrected chi connectivity index (χ1v) is 10.0. The van der Waals surface area contributed by atoms with Crippen LogP contribution in [-0.2, 0) is 26.1 Å². The number of furan rings is 1. The Hall–Kier alpha value is -2.32. The molecule has 0 bridgehead atoms. The summed E-state index contributed by atoms with van der Waals surface area (Å²) in [5, 5.41) is 6.83. The van der Waals surface area contributed by atoms with Crippen LogP contribution in [0.15, 0.2) is 82.4 Å². The molecule has 2 N–H and O–H groups in total. The summed E-state index contributed by atoms with van der Waals surface area (Å²) in [6.07, 6.45) is 2.69. The van der Waals surface area contributed by atoms with Gasteiger partial charge in [-0.3, -0.25) is 9.89 Å². The Kier molecular flexibility index (Phi) is 10.4. The quantitative estimate of drug-likeness (QED) is 0.250. The van der Waals surface area contributed by atoms with E-state index >= 15 is 0 Å². The van der Waals surface area contributed by atoms with Crippen LogP contribution in [-0.4, -0.2) is 31.5 Å². The van der Waals surface area contributed by atoms with Gasteiger partial charge in [-0.2, -0.15) is 0 Å². The highest BCUT2D eigenvalue weighted by atomic mass is 127. The van der Waals surface area contributed by atoms with Crippen LogP contribution >= 0.6 is 24.0 Å². The Morgan fingerprint density at radius 1 is 0.900 bits per heavy atom. The third-order valence-corrected chi connectivity index (χ3v) is 4.78. The van der Waals surface area contributed by atoms with Crippen LogP contribution in [0.3, 0.4) is 0 Å². The highest BCUT2D eigenvalue weighted by molar-refractivity contribution is 14.0. The van der Waals surface area contributed by atoms with Gasteiger partial charge >= 0.3 is 0 Å². The molecule has 0 aliphatic carbocycles. The second-order valence-electron chi connectivity index (χ2n) is 7.11. The Balaban J connectivity index is 0.00000320. The van der Waals surface area contributed by atoms with E-state index in [0.29, 0.717) is 0 Å². The van der Waals surface area contributed by atoms with Crippen LogP contribution in [0.2, 0.25) is 0 Å². The number of nitrogens with zero attached hydrogens (tertiary/aromatic N) is 2. The van der Waals surface area contributed by atoms with Crippen molar-refractivity contribution in [2.24, 2.45) is 4.99 Å². The maximum absolute atomic E-state index is 5.46. The fraction of sp³-hybridized carbons (Fsp3) is 0.292. The molecule has 5 nitrogen and oxygen atoms in total. The summed E-state index contributed by atoms with van der Waals surface area (Å²) in [5.74, 6) is 1.80. The normalized spacial score (nSPS) is 11.2. The summed E-state index contributed by atoms with van der Waals surface area (Å²) in [6.45, 7) is 3.23. The van der Waals surface area contributed by atoms with Gasteiger partial charge in [0.15, 0.2) is 5.96 Å². The van der Waals surface area contributed by atoms with Crippen molar-refractivity contribution >= 4 is 29.9 Å². The smallest absolute Gasteiger partial charge is 0.191 e. The van der Waals surface area contributed by atoms with Gasteiger partial charge in [-0.1, -0.05) is 54.6 Å². The second kappa shape index (κ2) is 13.1. The largest absolute Gasteiger partial charge is 0.468 e. The SMILES string of the molecule is CN=C(NCCc1ccccc1)NCc1ccccc1CN(C)Cc1ccco1.I. The molecule has 1 aromatic heterocycles. The van der Waals surface area contributed by atoms with E-state index in [1.165, 1.54) is 16.7 Å². The molecule has 0 fully saturated rings. The van der Waals surface area contributed by atoms with Crippen molar-refractivity contribution in [2.45, 2.75) is 26.1 Å². The van der Waals surface area contributed by atoms with E-state index in [4.69, 9.17) is 4.42 Å². The molecule has 1 heterocycles. The van der Waals surface area contributed by atoms with E-state index < -0.39 is 0 Å². The molecule has 0 saturated heterocycles. The molecule has 160 valence electrons. The van der Waals surface area contributed by atoms with Gasteiger partial charge in [-0.05, 0) is 42.3 Å². The second-order valence-corrected chi connectivity index (χ2v) is 7.11. The van der Waals surface area contributed by atoms with E-state index in [2.05, 4.69) is 76.1 Å². The minimum absolute atomic E-state index is 0. The maximum Gasteiger partial charge on any atom is 0.191 e. The molecule has 0 aliphatic heterocycles. The molecular weight excluding hydrogens is 487 g/mol. The summed E-state index contributed by atoms with van der Waals surface area (Å²) in [6, 6.07) is 22.9. The van der Waals surface area contributed by atoms with Crippen molar-refractivity contribution < 1.29 is 4.42 Å². The Morgan fingerprint density at radius 3 is 2.33 bits per heavy atom. The Labute approximate surface area is 196 Å². The lowest BCUT2D eigenvalue weighted by atomic mass is 10.1. The molecule has 30 heavy (non-hydrogen) atoms. The van der Waals surface area contributed by atoms with Crippen LogP contribution in [0, 0.1) is 0 Å². The number of hydrogen-bond donors (Lipinski definition) is 2. The van der Waals surface area contributed by atoms with E-state index in [0.717, 1.165) is 44.3 Å². The predicted octanol–water partition coefficient (Wildman–Crippen LogP) is 4.44. The number of guanidine groups is 1. The first-order valence-electron chi connectivity index (χ1n) is 10.0. The molecule has 0 amide bonds. The van der Waals surface area contributed by atoms with Crippen molar-refractivity contribution in [2.75, 3.05) is 20.6 Å². The summed E-state index contributed by atoms with van der Waals surface area (Å²) >= 11 is 0. The Morgan fingerprint density at radius 2 is 1.63 bits per heavy atom. The van der Waals surface area contributed by atoms with Crippen LogP contribution in [0.5, 0.6) is 0 Å². The third kappa shape index (κ3) is 7.84. The van der Waals surface area contributed by atoms with Crippen LogP contribution < -0.4 is 10.6 Å². The fourth-order valence-electron chi connectivity index (χ4n) is 3.27. The van der Waals surface area contributed by atoms with Gasteiger partial charge < -0.3 is 15.1 Å². The van der Waals surface area contributed by atoms with E-state index in [-0.39, 0.29) is 24.0 Å². The van der Waals surface area contributed by atoms with Gasteiger partial charge in [0.05, 0.1) is 12.8 Å². The van der Waals surface area contributed by atoms with Gasteiger partial charge in [-0.15, -0.1) is 24.0 Å². The summed E-state index contributed by atoms with van der Waals surface area (Å²) in [7, 11) is 3.91. The molecular formula is C24H31IN4O. The summed E-state index contributed by atoms with van der Waals surface area (Å²) in [5.41, 5.74) is 3.89. The van der Waals surface area contributed by atoms with Crippen LogP contribution in [0.1, 0.15) is 22.5 Å².